The molecule has 2 aromatic carbocycles. The molecule has 3 rings (SSSR count). The molecule has 5 nitrogen and oxygen atoms in total. The minimum atomic E-state index is 0.0980. The van der Waals surface area contributed by atoms with Gasteiger partial charge in [-0.15, -0.1) is 10.2 Å². The molecule has 0 aliphatic rings. The average Bonchev–Trinajstić information content (AvgIpc) is 3.05. The predicted molar refractivity (Wildman–Crippen MR) is 114 cm³/mol. The second-order valence-electron chi connectivity index (χ2n) is 7.04. The van der Waals surface area contributed by atoms with Crippen molar-refractivity contribution in [3.63, 3.8) is 0 Å². The van der Waals surface area contributed by atoms with Crippen molar-refractivity contribution >= 4 is 17.7 Å². The van der Waals surface area contributed by atoms with Crippen LogP contribution in [0.1, 0.15) is 30.8 Å². The first kappa shape index (κ1) is 20.1. The van der Waals surface area contributed by atoms with Gasteiger partial charge < -0.3 is 4.90 Å². The molecule has 0 aliphatic carbocycles. The lowest BCUT2D eigenvalue weighted by Crippen LogP contribution is -2.37. The number of hydrogen-bond donors (Lipinski definition) is 0. The molecule has 0 saturated heterocycles. The van der Waals surface area contributed by atoms with E-state index in [0.717, 1.165) is 27.8 Å². The van der Waals surface area contributed by atoms with Crippen LogP contribution in [0.3, 0.4) is 0 Å². The summed E-state index contributed by atoms with van der Waals surface area (Å²) >= 11 is 1.43. The predicted octanol–water partition coefficient (Wildman–Crippen LogP) is 4.41. The third-order valence-corrected chi connectivity index (χ3v) is 5.53. The summed E-state index contributed by atoms with van der Waals surface area (Å²) < 4.78 is 2.02. The van der Waals surface area contributed by atoms with Crippen LogP contribution in [-0.2, 0) is 11.3 Å². The number of benzene rings is 2. The average molecular weight is 395 g/mol. The maximum absolute atomic E-state index is 12.9. The van der Waals surface area contributed by atoms with Crippen molar-refractivity contribution < 1.29 is 4.79 Å². The van der Waals surface area contributed by atoms with Gasteiger partial charge in [0.2, 0.25) is 5.91 Å². The van der Waals surface area contributed by atoms with Gasteiger partial charge in [0.25, 0.3) is 0 Å². The zero-order valence-corrected chi connectivity index (χ0v) is 17.6. The molecule has 146 valence electrons. The minimum Gasteiger partial charge on any atom is -0.335 e. The molecule has 6 heteroatoms. The number of para-hydroxylation sites is 1. The van der Waals surface area contributed by atoms with E-state index in [9.17, 15) is 4.79 Å². The Kier molecular flexibility index (Phi) is 6.52. The second-order valence-corrected chi connectivity index (χ2v) is 7.98. The molecule has 0 saturated carbocycles. The zero-order chi connectivity index (χ0) is 20.1. The van der Waals surface area contributed by atoms with Gasteiger partial charge in [0.05, 0.1) is 11.4 Å². The van der Waals surface area contributed by atoms with Gasteiger partial charge in [-0.2, -0.15) is 0 Å². The Morgan fingerprint density at radius 3 is 2.39 bits per heavy atom. The Labute approximate surface area is 170 Å². The molecule has 3 aromatic rings. The Balaban J connectivity index is 1.75. The van der Waals surface area contributed by atoms with Gasteiger partial charge in [0.15, 0.2) is 5.16 Å². The highest BCUT2D eigenvalue weighted by Crippen LogP contribution is 2.24. The van der Waals surface area contributed by atoms with Crippen molar-refractivity contribution in [1.29, 1.82) is 0 Å². The van der Waals surface area contributed by atoms with Crippen molar-refractivity contribution in [2.24, 2.45) is 0 Å². The van der Waals surface area contributed by atoms with E-state index in [1.165, 1.54) is 11.8 Å². The van der Waals surface area contributed by atoms with E-state index in [1.807, 2.05) is 78.8 Å². The highest BCUT2D eigenvalue weighted by molar-refractivity contribution is 7.99. The molecule has 0 fully saturated rings. The second kappa shape index (κ2) is 9.06. The standard InChI is InChI=1S/C22H26N4OS/c1-16(2)25(14-19-11-6-5-7-12-19)21(27)15-28-22-24-23-18(4)26(22)20-13-9-8-10-17(20)3/h5-13,16H,14-15H2,1-4H3. The lowest BCUT2D eigenvalue weighted by atomic mass is 10.2. The van der Waals surface area contributed by atoms with Crippen LogP contribution in [0.2, 0.25) is 0 Å². The number of thioether (sulfide) groups is 1. The van der Waals surface area contributed by atoms with Gasteiger partial charge in [0.1, 0.15) is 5.82 Å². The molecule has 1 aromatic heterocycles. The van der Waals surface area contributed by atoms with E-state index in [4.69, 9.17) is 0 Å². The molecule has 1 heterocycles. The first-order chi connectivity index (χ1) is 13.5. The van der Waals surface area contributed by atoms with E-state index in [1.54, 1.807) is 0 Å². The maximum atomic E-state index is 12.9. The van der Waals surface area contributed by atoms with E-state index in [-0.39, 0.29) is 11.9 Å². The summed E-state index contributed by atoms with van der Waals surface area (Å²) in [5.74, 6) is 1.24. The van der Waals surface area contributed by atoms with Crippen LogP contribution < -0.4 is 0 Å². The first-order valence-electron chi connectivity index (χ1n) is 9.41. The van der Waals surface area contributed by atoms with Crippen molar-refractivity contribution in [3.8, 4) is 5.69 Å². The fourth-order valence-corrected chi connectivity index (χ4v) is 3.95. The van der Waals surface area contributed by atoms with Gasteiger partial charge >= 0.3 is 0 Å². The van der Waals surface area contributed by atoms with Crippen LogP contribution in [-0.4, -0.2) is 37.4 Å². The van der Waals surface area contributed by atoms with Gasteiger partial charge in [0, 0.05) is 12.6 Å². The third-order valence-electron chi connectivity index (χ3n) is 4.62. The monoisotopic (exact) mass is 394 g/mol. The summed E-state index contributed by atoms with van der Waals surface area (Å²) in [6.07, 6.45) is 0. The van der Waals surface area contributed by atoms with Crippen molar-refractivity contribution in [2.75, 3.05) is 5.75 Å². The highest BCUT2D eigenvalue weighted by Gasteiger charge is 2.20. The Morgan fingerprint density at radius 2 is 1.71 bits per heavy atom. The summed E-state index contributed by atoms with van der Waals surface area (Å²) in [4.78, 5) is 14.8. The van der Waals surface area contributed by atoms with Crippen molar-refractivity contribution in [3.05, 3.63) is 71.5 Å². The van der Waals surface area contributed by atoms with Crippen LogP contribution >= 0.6 is 11.8 Å². The molecule has 28 heavy (non-hydrogen) atoms. The van der Waals surface area contributed by atoms with Crippen LogP contribution in [0.4, 0.5) is 0 Å². The number of hydrogen-bond acceptors (Lipinski definition) is 4. The number of aryl methyl sites for hydroxylation is 2. The summed E-state index contributed by atoms with van der Waals surface area (Å²) in [6, 6.07) is 18.3. The number of nitrogens with zero attached hydrogens (tertiary/aromatic N) is 4. The number of amides is 1. The topological polar surface area (TPSA) is 51.0 Å². The number of carbonyl (C=O) groups excluding carboxylic acids is 1. The summed E-state index contributed by atoms with van der Waals surface area (Å²) in [6.45, 7) is 8.70. The number of rotatable bonds is 7. The zero-order valence-electron chi connectivity index (χ0n) is 16.8. The molecule has 1 amide bonds. The number of aromatic nitrogens is 3. The Hall–Kier alpha value is -2.60. The van der Waals surface area contributed by atoms with Crippen LogP contribution in [0.5, 0.6) is 0 Å². The Morgan fingerprint density at radius 1 is 1.04 bits per heavy atom. The smallest absolute Gasteiger partial charge is 0.233 e. The normalized spacial score (nSPS) is 11.0. The molecule has 0 radical (unpaired) electrons. The van der Waals surface area contributed by atoms with Gasteiger partial charge in [-0.05, 0) is 44.9 Å². The molecule has 0 bridgehead atoms. The van der Waals surface area contributed by atoms with Crippen molar-refractivity contribution in [1.82, 2.24) is 19.7 Å². The van der Waals surface area contributed by atoms with Gasteiger partial charge in [-0.3, -0.25) is 9.36 Å². The SMILES string of the molecule is Cc1ccccc1-n1c(C)nnc1SCC(=O)N(Cc1ccccc1)C(C)C. The van der Waals surface area contributed by atoms with E-state index in [2.05, 4.69) is 23.2 Å². The fraction of sp³-hybridized carbons (Fsp3) is 0.318. The maximum Gasteiger partial charge on any atom is 0.233 e. The minimum absolute atomic E-state index is 0.0980. The molecule has 0 spiro atoms. The molecule has 0 atom stereocenters. The summed E-state index contributed by atoms with van der Waals surface area (Å²) in [7, 11) is 0. The number of carbonyl (C=O) groups is 1. The van der Waals surface area contributed by atoms with Crippen LogP contribution in [0.25, 0.3) is 5.69 Å². The summed E-state index contributed by atoms with van der Waals surface area (Å²) in [5.41, 5.74) is 3.32. The summed E-state index contributed by atoms with van der Waals surface area (Å²) in [5, 5.41) is 9.26. The Bertz CT molecular complexity index is 937. The molecule has 0 aliphatic heterocycles. The lowest BCUT2D eigenvalue weighted by Gasteiger charge is -2.27. The third kappa shape index (κ3) is 4.62. The van der Waals surface area contributed by atoms with Gasteiger partial charge in [-0.1, -0.05) is 60.3 Å². The van der Waals surface area contributed by atoms with E-state index in [0.29, 0.717) is 12.3 Å². The largest absolute Gasteiger partial charge is 0.335 e. The van der Waals surface area contributed by atoms with E-state index >= 15 is 0 Å². The molecular weight excluding hydrogens is 368 g/mol. The van der Waals surface area contributed by atoms with Gasteiger partial charge in [-0.25, -0.2) is 0 Å². The molecule has 0 N–H and O–H groups in total. The quantitative estimate of drug-likeness (QED) is 0.557. The molecular formula is C22H26N4OS. The van der Waals surface area contributed by atoms with Crippen LogP contribution in [0.15, 0.2) is 59.8 Å². The molecule has 0 unspecified atom stereocenters. The lowest BCUT2D eigenvalue weighted by molar-refractivity contribution is -0.130. The van der Waals surface area contributed by atoms with E-state index < -0.39 is 0 Å². The van der Waals surface area contributed by atoms with Crippen LogP contribution in [0, 0.1) is 13.8 Å². The first-order valence-corrected chi connectivity index (χ1v) is 10.4. The van der Waals surface area contributed by atoms with Crippen molar-refractivity contribution in [2.45, 2.75) is 45.4 Å². The highest BCUT2D eigenvalue weighted by atomic mass is 32.2. The fourth-order valence-electron chi connectivity index (χ4n) is 3.08.